The zero-order valence-electron chi connectivity index (χ0n) is 5.97. The third-order valence-corrected chi connectivity index (χ3v) is 3.06. The summed E-state index contributed by atoms with van der Waals surface area (Å²) in [5, 5.41) is 0.880. The van der Waals surface area contributed by atoms with Crippen LogP contribution in [0.5, 0.6) is 0 Å². The molecule has 0 aliphatic heterocycles. The maximum atomic E-state index is 5.74. The second kappa shape index (κ2) is 3.47. The first-order valence-electron chi connectivity index (χ1n) is 3.70. The van der Waals surface area contributed by atoms with Crippen LogP contribution in [0.4, 0.5) is 0 Å². The monoisotopic (exact) mass is 145 g/mol. The number of rotatable bonds is 2. The lowest BCUT2D eigenvalue weighted by molar-refractivity contribution is 0.706. The molecule has 54 valence electrons. The molecule has 0 heterocycles. The van der Waals surface area contributed by atoms with Crippen molar-refractivity contribution in [2.75, 3.05) is 5.75 Å². The first kappa shape index (κ1) is 7.42. The van der Waals surface area contributed by atoms with Gasteiger partial charge in [0.1, 0.15) is 0 Å². The summed E-state index contributed by atoms with van der Waals surface area (Å²) >= 11 is 2.06. The van der Waals surface area contributed by atoms with E-state index < -0.39 is 0 Å². The van der Waals surface area contributed by atoms with Gasteiger partial charge in [0, 0.05) is 11.3 Å². The average Bonchev–Trinajstić information content (AvgIpc) is 2.17. The molecule has 2 heteroatoms. The van der Waals surface area contributed by atoms with Gasteiger partial charge in [0.25, 0.3) is 0 Å². The van der Waals surface area contributed by atoms with Gasteiger partial charge in [-0.05, 0) is 25.0 Å². The maximum absolute atomic E-state index is 5.74. The highest BCUT2D eigenvalue weighted by molar-refractivity contribution is 7.99. The van der Waals surface area contributed by atoms with E-state index in [-0.39, 0.29) is 0 Å². The van der Waals surface area contributed by atoms with Crippen molar-refractivity contribution in [3.8, 4) is 0 Å². The van der Waals surface area contributed by atoms with E-state index in [1.165, 1.54) is 25.0 Å². The molecule has 1 nitrogen and oxygen atoms in total. The predicted octanol–water partition coefficient (Wildman–Crippen LogP) is 1.62. The second-order valence-electron chi connectivity index (χ2n) is 2.65. The first-order valence-corrected chi connectivity index (χ1v) is 4.75. The Morgan fingerprint density at radius 2 is 2.33 bits per heavy atom. The van der Waals surface area contributed by atoms with Crippen LogP contribution < -0.4 is 5.73 Å². The van der Waals surface area contributed by atoms with E-state index in [0.717, 1.165) is 5.25 Å². The van der Waals surface area contributed by atoms with Gasteiger partial charge in [-0.25, -0.2) is 0 Å². The highest BCUT2D eigenvalue weighted by Crippen LogP contribution is 2.28. The van der Waals surface area contributed by atoms with Crippen LogP contribution in [0.2, 0.25) is 0 Å². The summed E-state index contributed by atoms with van der Waals surface area (Å²) in [5.74, 6) is 1.25. The molecule has 0 aromatic carbocycles. The van der Waals surface area contributed by atoms with Crippen molar-refractivity contribution in [2.24, 2.45) is 5.73 Å². The lowest BCUT2D eigenvalue weighted by atomic mass is 10.3. The molecule has 0 aromatic rings. The van der Waals surface area contributed by atoms with Crippen LogP contribution in [-0.4, -0.2) is 17.0 Å². The summed E-state index contributed by atoms with van der Waals surface area (Å²) in [6.07, 6.45) is 3.84. The standard InChI is InChI=1S/C7H15NS/c1-2-9-7-4-3-6(8)5-7/h6-7H,2-5,8H2,1H3/t6-,7+/m0/s1. The Hall–Kier alpha value is 0.310. The van der Waals surface area contributed by atoms with E-state index in [1.54, 1.807) is 0 Å². The fraction of sp³-hybridized carbons (Fsp3) is 1.00. The average molecular weight is 145 g/mol. The Bertz CT molecular complexity index is 83.0. The second-order valence-corrected chi connectivity index (χ2v) is 4.23. The summed E-state index contributed by atoms with van der Waals surface area (Å²) in [5.41, 5.74) is 5.74. The largest absolute Gasteiger partial charge is 0.328 e. The van der Waals surface area contributed by atoms with Crippen molar-refractivity contribution in [1.29, 1.82) is 0 Å². The van der Waals surface area contributed by atoms with Gasteiger partial charge in [-0.15, -0.1) is 0 Å². The van der Waals surface area contributed by atoms with E-state index in [1.807, 2.05) is 0 Å². The Labute approximate surface area is 61.4 Å². The van der Waals surface area contributed by atoms with E-state index in [0.29, 0.717) is 6.04 Å². The molecule has 0 radical (unpaired) electrons. The molecule has 1 fully saturated rings. The number of hydrogen-bond acceptors (Lipinski definition) is 2. The third-order valence-electron chi connectivity index (χ3n) is 1.83. The molecule has 0 bridgehead atoms. The Kier molecular flexibility index (Phi) is 2.86. The topological polar surface area (TPSA) is 26.0 Å². The van der Waals surface area contributed by atoms with Gasteiger partial charge in [-0.1, -0.05) is 6.92 Å². The Morgan fingerprint density at radius 1 is 1.56 bits per heavy atom. The fourth-order valence-electron chi connectivity index (χ4n) is 1.36. The van der Waals surface area contributed by atoms with Gasteiger partial charge in [-0.2, -0.15) is 11.8 Å². The van der Waals surface area contributed by atoms with Gasteiger partial charge in [0.15, 0.2) is 0 Å². The fourth-order valence-corrected chi connectivity index (χ4v) is 2.52. The SMILES string of the molecule is CCS[C@@H]1CC[C@H](N)C1. The lowest BCUT2D eigenvalue weighted by Crippen LogP contribution is -2.15. The molecule has 2 atom stereocenters. The predicted molar refractivity (Wildman–Crippen MR) is 43.7 cm³/mol. The molecule has 1 saturated carbocycles. The Morgan fingerprint density at radius 3 is 2.78 bits per heavy atom. The van der Waals surface area contributed by atoms with Crippen LogP contribution in [0.25, 0.3) is 0 Å². The van der Waals surface area contributed by atoms with Crippen molar-refractivity contribution in [2.45, 2.75) is 37.5 Å². The molecule has 1 aliphatic rings. The minimum atomic E-state index is 0.508. The van der Waals surface area contributed by atoms with Gasteiger partial charge in [-0.3, -0.25) is 0 Å². The van der Waals surface area contributed by atoms with E-state index >= 15 is 0 Å². The summed E-state index contributed by atoms with van der Waals surface area (Å²) in [6.45, 7) is 2.22. The summed E-state index contributed by atoms with van der Waals surface area (Å²) in [6, 6.07) is 0.508. The zero-order chi connectivity index (χ0) is 6.69. The smallest absolute Gasteiger partial charge is 0.00622 e. The van der Waals surface area contributed by atoms with Crippen molar-refractivity contribution in [3.05, 3.63) is 0 Å². The van der Waals surface area contributed by atoms with Crippen LogP contribution in [-0.2, 0) is 0 Å². The maximum Gasteiger partial charge on any atom is 0.00622 e. The van der Waals surface area contributed by atoms with Crippen LogP contribution >= 0.6 is 11.8 Å². The highest BCUT2D eigenvalue weighted by atomic mass is 32.2. The molecule has 1 rings (SSSR count). The van der Waals surface area contributed by atoms with E-state index in [9.17, 15) is 0 Å². The first-order chi connectivity index (χ1) is 4.33. The molecule has 9 heavy (non-hydrogen) atoms. The summed E-state index contributed by atoms with van der Waals surface area (Å²) < 4.78 is 0. The van der Waals surface area contributed by atoms with Crippen LogP contribution in [0.1, 0.15) is 26.2 Å². The molecule has 0 saturated heterocycles. The highest BCUT2D eigenvalue weighted by Gasteiger charge is 2.20. The molecule has 0 unspecified atom stereocenters. The lowest BCUT2D eigenvalue weighted by Gasteiger charge is -2.05. The molecule has 1 aliphatic carbocycles. The quantitative estimate of drug-likeness (QED) is 0.639. The molecule has 0 amide bonds. The number of hydrogen-bond donors (Lipinski definition) is 1. The van der Waals surface area contributed by atoms with E-state index in [4.69, 9.17) is 5.73 Å². The van der Waals surface area contributed by atoms with Crippen molar-refractivity contribution < 1.29 is 0 Å². The van der Waals surface area contributed by atoms with Gasteiger partial charge < -0.3 is 5.73 Å². The van der Waals surface area contributed by atoms with Gasteiger partial charge >= 0.3 is 0 Å². The molecule has 2 N–H and O–H groups in total. The van der Waals surface area contributed by atoms with Gasteiger partial charge in [0.05, 0.1) is 0 Å². The van der Waals surface area contributed by atoms with Crippen molar-refractivity contribution >= 4 is 11.8 Å². The van der Waals surface area contributed by atoms with Crippen molar-refractivity contribution in [3.63, 3.8) is 0 Å². The Balaban J connectivity index is 2.14. The normalized spacial score (nSPS) is 35.3. The molecule has 0 spiro atoms. The minimum Gasteiger partial charge on any atom is -0.328 e. The van der Waals surface area contributed by atoms with Crippen LogP contribution in [0.15, 0.2) is 0 Å². The molecular weight excluding hydrogens is 130 g/mol. The summed E-state index contributed by atoms with van der Waals surface area (Å²) in [4.78, 5) is 0. The van der Waals surface area contributed by atoms with Crippen LogP contribution in [0, 0.1) is 0 Å². The van der Waals surface area contributed by atoms with E-state index in [2.05, 4.69) is 18.7 Å². The molecule has 0 aromatic heterocycles. The third kappa shape index (κ3) is 2.18. The number of nitrogens with two attached hydrogens (primary N) is 1. The zero-order valence-corrected chi connectivity index (χ0v) is 6.79. The van der Waals surface area contributed by atoms with Crippen LogP contribution in [0.3, 0.4) is 0 Å². The minimum absolute atomic E-state index is 0.508. The van der Waals surface area contributed by atoms with Crippen molar-refractivity contribution in [1.82, 2.24) is 0 Å². The molecular formula is C7H15NS. The summed E-state index contributed by atoms with van der Waals surface area (Å²) in [7, 11) is 0. The number of thioether (sulfide) groups is 1. The van der Waals surface area contributed by atoms with Gasteiger partial charge in [0.2, 0.25) is 0 Å².